The second-order valence-corrected chi connectivity index (χ2v) is 11.4. The van der Waals surface area contributed by atoms with Crippen LogP contribution >= 0.6 is 0 Å². The van der Waals surface area contributed by atoms with Crippen molar-refractivity contribution in [3.8, 4) is 11.3 Å². The third-order valence-electron chi connectivity index (χ3n) is 9.06. The molecule has 2 aliphatic heterocycles. The van der Waals surface area contributed by atoms with Crippen LogP contribution in [0.25, 0.3) is 22.2 Å². The largest absolute Gasteiger partial charge is 0.478 e. The van der Waals surface area contributed by atoms with E-state index in [0.717, 1.165) is 25.2 Å². The number of aromatic carboxylic acids is 1. The van der Waals surface area contributed by atoms with Gasteiger partial charge in [0.2, 0.25) is 0 Å². The van der Waals surface area contributed by atoms with Gasteiger partial charge < -0.3 is 19.5 Å². The molecule has 204 valence electrons. The lowest BCUT2D eigenvalue weighted by molar-refractivity contribution is 0.0697. The van der Waals surface area contributed by atoms with Gasteiger partial charge in [-0.25, -0.2) is 4.79 Å². The van der Waals surface area contributed by atoms with E-state index in [0.29, 0.717) is 11.5 Å². The second kappa shape index (κ2) is 11.9. The smallest absolute Gasteiger partial charge is 0.335 e. The summed E-state index contributed by atoms with van der Waals surface area (Å²) in [4.78, 5) is 17.2. The van der Waals surface area contributed by atoms with Crippen molar-refractivity contribution in [2.24, 2.45) is 0 Å². The lowest BCUT2D eigenvalue weighted by atomic mass is 9.81. The minimum Gasteiger partial charge on any atom is -0.478 e. The van der Waals surface area contributed by atoms with Gasteiger partial charge in [0.05, 0.1) is 11.3 Å². The highest BCUT2D eigenvalue weighted by Gasteiger charge is 2.30. The van der Waals surface area contributed by atoms with Crippen LogP contribution in [0, 0.1) is 0 Å². The average molecular weight is 516 g/mol. The van der Waals surface area contributed by atoms with E-state index in [2.05, 4.69) is 44.7 Å². The van der Waals surface area contributed by atoms with E-state index in [1.807, 2.05) is 6.07 Å². The zero-order chi connectivity index (χ0) is 25.2. The summed E-state index contributed by atoms with van der Waals surface area (Å²) in [5.41, 5.74) is 6.95. The van der Waals surface area contributed by atoms with Crippen LogP contribution in [0.15, 0.2) is 42.5 Å². The highest BCUT2D eigenvalue weighted by Crippen LogP contribution is 2.47. The van der Waals surface area contributed by atoms with Gasteiger partial charge in [-0.15, -0.1) is 0 Å². The summed E-state index contributed by atoms with van der Waals surface area (Å²) in [6.07, 6.45) is 13.0. The quantitative estimate of drug-likeness (QED) is 0.364. The maximum absolute atomic E-state index is 11.9. The van der Waals surface area contributed by atoms with E-state index in [-0.39, 0.29) is 7.43 Å². The maximum atomic E-state index is 11.9. The third-order valence-corrected chi connectivity index (χ3v) is 9.06. The number of carboxylic acids is 1. The minimum absolute atomic E-state index is 0. The number of rotatable bonds is 6. The Morgan fingerprint density at radius 2 is 1.58 bits per heavy atom. The molecule has 0 amide bonds. The molecule has 1 saturated heterocycles. The molecule has 3 aromatic rings. The van der Waals surface area contributed by atoms with Gasteiger partial charge in [0.1, 0.15) is 0 Å². The van der Waals surface area contributed by atoms with E-state index < -0.39 is 5.97 Å². The Kier molecular flexibility index (Phi) is 8.42. The van der Waals surface area contributed by atoms with Crippen molar-refractivity contribution in [1.29, 1.82) is 0 Å². The number of hydrogen-bond acceptors (Lipinski definition) is 3. The number of benzene rings is 2. The molecule has 5 heteroatoms. The lowest BCUT2D eigenvalue weighted by Gasteiger charge is -2.27. The minimum atomic E-state index is -0.846. The van der Waals surface area contributed by atoms with Crippen molar-refractivity contribution >= 4 is 22.6 Å². The van der Waals surface area contributed by atoms with Crippen molar-refractivity contribution in [3.63, 3.8) is 0 Å². The average Bonchev–Trinajstić information content (AvgIpc) is 3.06. The number of carbonyl (C=O) groups is 1. The van der Waals surface area contributed by atoms with E-state index in [9.17, 15) is 9.90 Å². The number of hydrogen-bond donors (Lipinski definition) is 1. The van der Waals surface area contributed by atoms with Gasteiger partial charge in [-0.1, -0.05) is 63.8 Å². The lowest BCUT2D eigenvalue weighted by Crippen LogP contribution is -2.32. The molecule has 3 heterocycles. The topological polar surface area (TPSA) is 48.7 Å². The van der Waals surface area contributed by atoms with Gasteiger partial charge in [-0.3, -0.25) is 0 Å². The first-order chi connectivity index (χ1) is 18.2. The molecule has 6 rings (SSSR count). The van der Waals surface area contributed by atoms with E-state index in [1.165, 1.54) is 112 Å². The predicted molar refractivity (Wildman–Crippen MR) is 159 cm³/mol. The van der Waals surface area contributed by atoms with Gasteiger partial charge in [0, 0.05) is 41.8 Å². The normalized spacial score (nSPS) is 18.8. The summed E-state index contributed by atoms with van der Waals surface area (Å²) in [6.45, 7) is 6.60. The Morgan fingerprint density at radius 1 is 0.842 bits per heavy atom. The van der Waals surface area contributed by atoms with Crippen molar-refractivity contribution < 1.29 is 9.90 Å². The highest BCUT2D eigenvalue weighted by atomic mass is 16.4. The van der Waals surface area contributed by atoms with Crippen LogP contribution in [0.5, 0.6) is 0 Å². The van der Waals surface area contributed by atoms with Gasteiger partial charge >= 0.3 is 5.97 Å². The van der Waals surface area contributed by atoms with Crippen molar-refractivity contribution in [2.75, 3.05) is 37.6 Å². The Labute approximate surface area is 228 Å². The summed E-state index contributed by atoms with van der Waals surface area (Å²) < 4.78 is 2.46. The van der Waals surface area contributed by atoms with Gasteiger partial charge in [0.15, 0.2) is 0 Å². The van der Waals surface area contributed by atoms with Crippen LogP contribution in [-0.2, 0) is 6.54 Å². The SMILES string of the molecule is C.O=C(O)c1ccc2c(C3CCCCC3)c3n(c2c1)CCN(CCCN1CCCCCC1)c1ccccc1-3. The molecular formula is C33H45N3O2. The van der Waals surface area contributed by atoms with Crippen LogP contribution in [0.1, 0.15) is 93.5 Å². The van der Waals surface area contributed by atoms with E-state index in [4.69, 9.17) is 0 Å². The molecule has 0 unspecified atom stereocenters. The van der Waals surface area contributed by atoms with Gasteiger partial charge in [-0.2, -0.15) is 0 Å². The molecule has 2 fully saturated rings. The summed E-state index contributed by atoms with van der Waals surface area (Å²) in [5.74, 6) is -0.299. The zero-order valence-electron chi connectivity index (χ0n) is 22.1. The van der Waals surface area contributed by atoms with Crippen molar-refractivity contribution in [2.45, 2.75) is 84.1 Å². The zero-order valence-corrected chi connectivity index (χ0v) is 22.1. The standard InChI is InChI=1S/C32H41N3O2.CH4/c36-32(37)25-15-16-26-29(23-25)35-22-21-34(20-10-19-33-17-8-1-2-9-18-33)28-14-7-6-13-27(28)31(35)30(26)24-11-4-3-5-12-24;/h6-7,13-16,23-24H,1-5,8-12,17-22H2,(H,36,37);1H4. The second-order valence-electron chi connectivity index (χ2n) is 11.4. The number of anilines is 1. The van der Waals surface area contributed by atoms with Gasteiger partial charge in [-0.05, 0) is 81.4 Å². The summed E-state index contributed by atoms with van der Waals surface area (Å²) in [5, 5.41) is 11.0. The summed E-state index contributed by atoms with van der Waals surface area (Å²) in [7, 11) is 0. The first kappa shape index (κ1) is 26.8. The number of carboxylic acid groups (broad SMARTS) is 1. The van der Waals surface area contributed by atoms with E-state index in [1.54, 1.807) is 6.07 Å². The summed E-state index contributed by atoms with van der Waals surface area (Å²) >= 11 is 0. The van der Waals surface area contributed by atoms with Gasteiger partial charge in [0.25, 0.3) is 0 Å². The number of para-hydroxylation sites is 1. The molecule has 0 radical (unpaired) electrons. The molecule has 0 spiro atoms. The number of nitrogens with zero attached hydrogens (tertiary/aromatic N) is 3. The highest BCUT2D eigenvalue weighted by molar-refractivity contribution is 5.99. The van der Waals surface area contributed by atoms with E-state index >= 15 is 0 Å². The number of aromatic nitrogens is 1. The Balaban J connectivity index is 0.00000294. The molecule has 1 aliphatic carbocycles. The predicted octanol–water partition coefficient (Wildman–Crippen LogP) is 7.78. The van der Waals surface area contributed by atoms with Crippen LogP contribution in [0.2, 0.25) is 0 Å². The number of fused-ring (bicyclic) bond motifs is 5. The van der Waals surface area contributed by atoms with Crippen LogP contribution in [0.4, 0.5) is 5.69 Å². The molecule has 1 N–H and O–H groups in total. The molecule has 0 bridgehead atoms. The van der Waals surface area contributed by atoms with Crippen LogP contribution in [-0.4, -0.2) is 53.3 Å². The monoisotopic (exact) mass is 515 g/mol. The fraction of sp³-hybridized carbons (Fsp3) is 0.545. The third kappa shape index (κ3) is 5.22. The molecule has 5 nitrogen and oxygen atoms in total. The Hall–Kier alpha value is -2.79. The molecule has 3 aliphatic rings. The molecule has 2 aromatic carbocycles. The van der Waals surface area contributed by atoms with Crippen molar-refractivity contribution in [3.05, 3.63) is 53.6 Å². The van der Waals surface area contributed by atoms with Crippen molar-refractivity contribution in [1.82, 2.24) is 9.47 Å². The Morgan fingerprint density at radius 3 is 2.34 bits per heavy atom. The molecule has 38 heavy (non-hydrogen) atoms. The fourth-order valence-corrected chi connectivity index (χ4v) is 7.20. The maximum Gasteiger partial charge on any atom is 0.335 e. The molecule has 1 aromatic heterocycles. The van der Waals surface area contributed by atoms with Crippen LogP contribution < -0.4 is 4.90 Å². The fourth-order valence-electron chi connectivity index (χ4n) is 7.20. The first-order valence-electron chi connectivity index (χ1n) is 14.7. The molecular weight excluding hydrogens is 470 g/mol. The first-order valence-corrected chi connectivity index (χ1v) is 14.7. The van der Waals surface area contributed by atoms with Crippen LogP contribution in [0.3, 0.4) is 0 Å². The molecule has 0 atom stereocenters. The molecule has 1 saturated carbocycles. The summed E-state index contributed by atoms with van der Waals surface area (Å²) in [6, 6.07) is 14.8. The number of likely N-dealkylation sites (tertiary alicyclic amines) is 1. The Bertz CT molecular complexity index is 1250.